The van der Waals surface area contributed by atoms with E-state index < -0.39 is 0 Å². The van der Waals surface area contributed by atoms with E-state index in [1.54, 1.807) is 6.07 Å². The molecule has 2 atom stereocenters. The third kappa shape index (κ3) is 2.84. The predicted molar refractivity (Wildman–Crippen MR) is 86.6 cm³/mol. The van der Waals surface area contributed by atoms with Crippen LogP contribution in [0.1, 0.15) is 27.9 Å². The molecule has 0 fully saturated rings. The number of halogens is 2. The summed E-state index contributed by atoms with van der Waals surface area (Å²) in [5.74, 6) is 0.509. The summed E-state index contributed by atoms with van der Waals surface area (Å²) in [4.78, 5) is 0.285. The van der Waals surface area contributed by atoms with Crippen LogP contribution >= 0.6 is 15.9 Å². The molecule has 1 nitrogen and oxygen atoms in total. The third-order valence-corrected chi connectivity index (χ3v) is 5.54. The number of rotatable bonds is 3. The lowest BCUT2D eigenvalue weighted by Gasteiger charge is -2.30. The van der Waals surface area contributed by atoms with Crippen LogP contribution in [0.2, 0.25) is 0 Å². The lowest BCUT2D eigenvalue weighted by atomic mass is 9.80. The zero-order valence-corrected chi connectivity index (χ0v) is 13.6. The summed E-state index contributed by atoms with van der Waals surface area (Å²) in [6, 6.07) is 13.9. The second-order valence-electron chi connectivity index (χ2n) is 5.54. The van der Waals surface area contributed by atoms with Crippen molar-refractivity contribution < 1.29 is 9.13 Å². The number of alkyl halides is 1. The van der Waals surface area contributed by atoms with Crippen LogP contribution in [0.4, 0.5) is 4.39 Å². The van der Waals surface area contributed by atoms with Crippen molar-refractivity contribution in [3.63, 3.8) is 0 Å². The first kappa shape index (κ1) is 14.6. The zero-order valence-electron chi connectivity index (χ0n) is 12.0. The van der Waals surface area contributed by atoms with Gasteiger partial charge in [-0.25, -0.2) is 4.39 Å². The van der Waals surface area contributed by atoms with Crippen LogP contribution in [0, 0.1) is 11.7 Å². The van der Waals surface area contributed by atoms with Crippen molar-refractivity contribution in [3.05, 3.63) is 65.0 Å². The lowest BCUT2D eigenvalue weighted by Crippen LogP contribution is -2.19. The standard InChI is InChI=1S/C18H18BrFO/c1-21-16-8-4-6-14(18(16)20)11-13-10-9-12-5-2-3-7-15(12)17(13)19/h2-8,13,17H,9-11H2,1H3. The van der Waals surface area contributed by atoms with Gasteiger partial charge in [-0.3, -0.25) is 0 Å². The first-order chi connectivity index (χ1) is 10.2. The fourth-order valence-electron chi connectivity index (χ4n) is 3.13. The highest BCUT2D eigenvalue weighted by atomic mass is 79.9. The molecule has 0 bridgehead atoms. The van der Waals surface area contributed by atoms with Gasteiger partial charge in [0.2, 0.25) is 0 Å². The Labute approximate surface area is 133 Å². The second-order valence-corrected chi connectivity index (χ2v) is 6.52. The topological polar surface area (TPSA) is 9.23 Å². The molecular formula is C18H18BrFO. The predicted octanol–water partition coefficient (Wildman–Crippen LogP) is 5.08. The lowest BCUT2D eigenvalue weighted by molar-refractivity contribution is 0.379. The molecule has 0 heterocycles. The minimum Gasteiger partial charge on any atom is -0.494 e. The van der Waals surface area contributed by atoms with Crippen molar-refractivity contribution >= 4 is 15.9 Å². The van der Waals surface area contributed by atoms with E-state index >= 15 is 0 Å². The van der Waals surface area contributed by atoms with Gasteiger partial charge in [-0.15, -0.1) is 0 Å². The summed E-state index contributed by atoms with van der Waals surface area (Å²) < 4.78 is 19.4. The van der Waals surface area contributed by atoms with Crippen molar-refractivity contribution in [2.24, 2.45) is 5.92 Å². The Morgan fingerprint density at radius 2 is 2.00 bits per heavy atom. The van der Waals surface area contributed by atoms with E-state index in [0.717, 1.165) is 24.8 Å². The third-order valence-electron chi connectivity index (χ3n) is 4.30. The van der Waals surface area contributed by atoms with Gasteiger partial charge in [-0.2, -0.15) is 0 Å². The average Bonchev–Trinajstić information content (AvgIpc) is 2.52. The smallest absolute Gasteiger partial charge is 0.168 e. The number of aryl methyl sites for hydroxylation is 1. The molecule has 1 aliphatic rings. The highest BCUT2D eigenvalue weighted by Crippen LogP contribution is 2.42. The Bertz CT molecular complexity index is 641. The van der Waals surface area contributed by atoms with Gasteiger partial charge in [-0.1, -0.05) is 52.3 Å². The molecule has 21 heavy (non-hydrogen) atoms. The average molecular weight is 349 g/mol. The van der Waals surface area contributed by atoms with Crippen LogP contribution in [0.3, 0.4) is 0 Å². The van der Waals surface area contributed by atoms with Gasteiger partial charge in [0.25, 0.3) is 0 Å². The van der Waals surface area contributed by atoms with Gasteiger partial charge in [0.05, 0.1) is 7.11 Å². The number of benzene rings is 2. The number of hydrogen-bond donors (Lipinski definition) is 0. The fourth-order valence-corrected chi connectivity index (χ4v) is 4.03. The van der Waals surface area contributed by atoms with Gasteiger partial charge >= 0.3 is 0 Å². The molecule has 0 spiro atoms. The molecule has 110 valence electrons. The van der Waals surface area contributed by atoms with E-state index in [2.05, 4.69) is 40.2 Å². The highest BCUT2D eigenvalue weighted by molar-refractivity contribution is 9.09. The van der Waals surface area contributed by atoms with E-state index in [9.17, 15) is 4.39 Å². The molecule has 0 amide bonds. The summed E-state index contributed by atoms with van der Waals surface area (Å²) in [6.45, 7) is 0. The van der Waals surface area contributed by atoms with Crippen LogP contribution < -0.4 is 4.74 Å². The summed E-state index contributed by atoms with van der Waals surface area (Å²) >= 11 is 3.82. The summed E-state index contributed by atoms with van der Waals surface area (Å²) in [6.07, 6.45) is 2.87. The molecule has 2 aromatic carbocycles. The van der Waals surface area contributed by atoms with Gasteiger partial charge in [0.15, 0.2) is 11.6 Å². The number of hydrogen-bond acceptors (Lipinski definition) is 1. The van der Waals surface area contributed by atoms with Crippen LogP contribution in [0.25, 0.3) is 0 Å². The van der Waals surface area contributed by atoms with E-state index in [-0.39, 0.29) is 10.6 Å². The number of methoxy groups -OCH3 is 1. The van der Waals surface area contributed by atoms with Crippen molar-refractivity contribution in [1.29, 1.82) is 0 Å². The van der Waals surface area contributed by atoms with Crippen LogP contribution in [0.5, 0.6) is 5.75 Å². The first-order valence-corrected chi connectivity index (χ1v) is 8.15. The second kappa shape index (κ2) is 6.18. The molecular weight excluding hydrogens is 331 g/mol. The molecule has 3 rings (SSSR count). The molecule has 0 saturated heterocycles. The van der Waals surface area contributed by atoms with Crippen molar-refractivity contribution in [2.45, 2.75) is 24.1 Å². The molecule has 0 aromatic heterocycles. The quantitative estimate of drug-likeness (QED) is 0.703. The molecule has 2 aromatic rings. The Morgan fingerprint density at radius 3 is 2.81 bits per heavy atom. The Morgan fingerprint density at radius 1 is 1.19 bits per heavy atom. The van der Waals surface area contributed by atoms with Crippen molar-refractivity contribution in [1.82, 2.24) is 0 Å². The molecule has 0 radical (unpaired) electrons. The molecule has 0 N–H and O–H groups in total. The summed E-state index contributed by atoms with van der Waals surface area (Å²) in [5, 5.41) is 0. The maximum Gasteiger partial charge on any atom is 0.168 e. The van der Waals surface area contributed by atoms with Crippen LogP contribution in [-0.4, -0.2) is 7.11 Å². The van der Waals surface area contributed by atoms with Crippen LogP contribution in [-0.2, 0) is 12.8 Å². The van der Waals surface area contributed by atoms with Gasteiger partial charge in [0.1, 0.15) is 0 Å². The Hall–Kier alpha value is -1.35. The SMILES string of the molecule is COc1cccc(CC2CCc3ccccc3C2Br)c1F. The molecule has 0 saturated carbocycles. The maximum atomic E-state index is 14.3. The van der Waals surface area contributed by atoms with Crippen molar-refractivity contribution in [3.8, 4) is 5.75 Å². The largest absolute Gasteiger partial charge is 0.494 e. The fraction of sp³-hybridized carbons (Fsp3) is 0.333. The number of fused-ring (bicyclic) bond motifs is 1. The zero-order chi connectivity index (χ0) is 14.8. The van der Waals surface area contributed by atoms with E-state index in [1.807, 2.05) is 12.1 Å². The minimum atomic E-state index is -0.224. The Balaban J connectivity index is 1.84. The van der Waals surface area contributed by atoms with Gasteiger partial charge < -0.3 is 4.74 Å². The van der Waals surface area contributed by atoms with Gasteiger partial charge in [-0.05, 0) is 47.9 Å². The highest BCUT2D eigenvalue weighted by Gasteiger charge is 2.28. The van der Waals surface area contributed by atoms with Crippen molar-refractivity contribution in [2.75, 3.05) is 7.11 Å². The van der Waals surface area contributed by atoms with Crippen LogP contribution in [0.15, 0.2) is 42.5 Å². The van der Waals surface area contributed by atoms with Gasteiger partial charge in [0, 0.05) is 4.83 Å². The number of ether oxygens (including phenoxy) is 1. The molecule has 0 aliphatic heterocycles. The summed E-state index contributed by atoms with van der Waals surface area (Å²) in [7, 11) is 1.51. The summed E-state index contributed by atoms with van der Waals surface area (Å²) in [5.41, 5.74) is 3.49. The maximum absolute atomic E-state index is 14.3. The first-order valence-electron chi connectivity index (χ1n) is 7.24. The van der Waals surface area contributed by atoms with E-state index in [1.165, 1.54) is 18.2 Å². The van der Waals surface area contributed by atoms with E-state index in [4.69, 9.17) is 4.74 Å². The minimum absolute atomic E-state index is 0.224. The normalized spacial score (nSPS) is 20.9. The Kier molecular flexibility index (Phi) is 4.29. The van der Waals surface area contributed by atoms with E-state index in [0.29, 0.717) is 11.7 Å². The molecule has 3 heteroatoms. The molecule has 2 unspecified atom stereocenters. The monoisotopic (exact) mass is 348 g/mol. The molecule has 1 aliphatic carbocycles.